The lowest BCUT2D eigenvalue weighted by Crippen LogP contribution is -2.22. The third-order valence-corrected chi connectivity index (χ3v) is 4.50. The van der Waals surface area contributed by atoms with E-state index in [1.54, 1.807) is 0 Å². The van der Waals surface area contributed by atoms with Crippen LogP contribution in [0.4, 0.5) is 5.69 Å². The molecule has 0 amide bonds. The van der Waals surface area contributed by atoms with Crippen LogP contribution in [0.2, 0.25) is 0 Å². The minimum atomic E-state index is 0.646. The standard InChI is InChI=1S/C15H17BrN2/c16-14-5-6-15(13-4-2-1-3-12(13)14)18-8-7-11(9-17)10-18/h1-6,11H,7-10,17H2. The summed E-state index contributed by atoms with van der Waals surface area (Å²) in [4.78, 5) is 2.46. The second-order valence-electron chi connectivity index (χ2n) is 4.95. The number of hydrogen-bond donors (Lipinski definition) is 1. The van der Waals surface area contributed by atoms with Crippen molar-refractivity contribution in [1.29, 1.82) is 0 Å². The summed E-state index contributed by atoms with van der Waals surface area (Å²) in [6.07, 6.45) is 1.21. The Bertz CT molecular complexity index is 567. The van der Waals surface area contributed by atoms with E-state index in [1.807, 2.05) is 0 Å². The Hall–Kier alpha value is -1.06. The molecule has 3 rings (SSSR count). The van der Waals surface area contributed by atoms with Crippen molar-refractivity contribution in [3.05, 3.63) is 40.9 Å². The molecule has 2 aromatic carbocycles. The summed E-state index contributed by atoms with van der Waals surface area (Å²) in [7, 11) is 0. The van der Waals surface area contributed by atoms with Gasteiger partial charge in [-0.2, -0.15) is 0 Å². The highest BCUT2D eigenvalue weighted by atomic mass is 79.9. The van der Waals surface area contributed by atoms with Gasteiger partial charge >= 0.3 is 0 Å². The zero-order chi connectivity index (χ0) is 12.5. The first-order chi connectivity index (χ1) is 8.79. The molecule has 3 heteroatoms. The second-order valence-corrected chi connectivity index (χ2v) is 5.80. The van der Waals surface area contributed by atoms with Crippen LogP contribution in [0.25, 0.3) is 10.8 Å². The third kappa shape index (κ3) is 2.02. The highest BCUT2D eigenvalue weighted by Gasteiger charge is 2.22. The van der Waals surface area contributed by atoms with Crippen molar-refractivity contribution in [1.82, 2.24) is 0 Å². The smallest absolute Gasteiger partial charge is 0.0446 e. The van der Waals surface area contributed by atoms with Gasteiger partial charge in [-0.15, -0.1) is 0 Å². The molecule has 0 saturated carbocycles. The van der Waals surface area contributed by atoms with Gasteiger partial charge in [-0.3, -0.25) is 0 Å². The monoisotopic (exact) mass is 304 g/mol. The molecule has 0 radical (unpaired) electrons. The number of anilines is 1. The van der Waals surface area contributed by atoms with Crippen molar-refractivity contribution < 1.29 is 0 Å². The van der Waals surface area contributed by atoms with Crippen molar-refractivity contribution in [2.45, 2.75) is 6.42 Å². The minimum absolute atomic E-state index is 0.646. The summed E-state index contributed by atoms with van der Waals surface area (Å²) in [5.74, 6) is 0.646. The van der Waals surface area contributed by atoms with Crippen molar-refractivity contribution >= 4 is 32.4 Å². The van der Waals surface area contributed by atoms with Crippen molar-refractivity contribution in [3.63, 3.8) is 0 Å². The highest BCUT2D eigenvalue weighted by molar-refractivity contribution is 9.10. The maximum absolute atomic E-state index is 5.78. The van der Waals surface area contributed by atoms with Gasteiger partial charge in [0.05, 0.1) is 0 Å². The number of fused-ring (bicyclic) bond motifs is 1. The van der Waals surface area contributed by atoms with Gasteiger partial charge in [0.2, 0.25) is 0 Å². The maximum atomic E-state index is 5.78. The highest BCUT2D eigenvalue weighted by Crippen LogP contribution is 2.34. The summed E-state index contributed by atoms with van der Waals surface area (Å²) in [6.45, 7) is 3.00. The molecule has 1 fully saturated rings. The average Bonchev–Trinajstić information content (AvgIpc) is 2.88. The Morgan fingerprint density at radius 2 is 1.94 bits per heavy atom. The van der Waals surface area contributed by atoms with Gasteiger partial charge in [0.15, 0.2) is 0 Å². The molecule has 0 aliphatic carbocycles. The van der Waals surface area contributed by atoms with Gasteiger partial charge in [0.25, 0.3) is 0 Å². The molecule has 2 nitrogen and oxygen atoms in total. The Morgan fingerprint density at radius 1 is 1.17 bits per heavy atom. The Morgan fingerprint density at radius 3 is 2.67 bits per heavy atom. The molecule has 18 heavy (non-hydrogen) atoms. The molecular weight excluding hydrogens is 288 g/mol. The lowest BCUT2D eigenvalue weighted by atomic mass is 10.1. The molecular formula is C15H17BrN2. The third-order valence-electron chi connectivity index (χ3n) is 3.81. The number of hydrogen-bond acceptors (Lipinski definition) is 2. The fourth-order valence-electron chi connectivity index (χ4n) is 2.77. The molecule has 1 unspecified atom stereocenters. The van der Waals surface area contributed by atoms with Crippen LogP contribution in [0, 0.1) is 5.92 Å². The van der Waals surface area contributed by atoms with Gasteiger partial charge < -0.3 is 10.6 Å². The molecule has 0 spiro atoms. The number of halogens is 1. The van der Waals surface area contributed by atoms with Crippen LogP contribution >= 0.6 is 15.9 Å². The summed E-state index contributed by atoms with van der Waals surface area (Å²) in [6, 6.07) is 12.9. The van der Waals surface area contributed by atoms with Crippen molar-refractivity contribution in [2.75, 3.05) is 24.5 Å². The molecule has 0 bridgehead atoms. The molecule has 1 saturated heterocycles. The van der Waals surface area contributed by atoms with Gasteiger partial charge in [-0.25, -0.2) is 0 Å². The van der Waals surface area contributed by atoms with Crippen LogP contribution in [0.3, 0.4) is 0 Å². The van der Waals surface area contributed by atoms with E-state index in [2.05, 4.69) is 57.2 Å². The molecule has 1 aliphatic heterocycles. The Balaban J connectivity index is 2.05. The van der Waals surface area contributed by atoms with Gasteiger partial charge in [-0.05, 0) is 36.4 Å². The van der Waals surface area contributed by atoms with Crippen molar-refractivity contribution in [2.24, 2.45) is 11.7 Å². The first-order valence-electron chi connectivity index (χ1n) is 6.42. The lowest BCUT2D eigenvalue weighted by molar-refractivity contribution is 0.603. The van der Waals surface area contributed by atoms with E-state index in [1.165, 1.54) is 22.9 Å². The van der Waals surface area contributed by atoms with E-state index >= 15 is 0 Å². The lowest BCUT2D eigenvalue weighted by Gasteiger charge is -2.21. The SMILES string of the molecule is NCC1CCN(c2ccc(Br)c3ccccc23)C1. The zero-order valence-corrected chi connectivity index (χ0v) is 11.9. The molecule has 1 heterocycles. The van der Waals surface area contributed by atoms with E-state index in [0.717, 1.165) is 24.1 Å². The van der Waals surface area contributed by atoms with Crippen LogP contribution in [0.15, 0.2) is 40.9 Å². The van der Waals surface area contributed by atoms with Crippen LogP contribution < -0.4 is 10.6 Å². The Kier molecular flexibility index (Phi) is 3.27. The summed E-state index contributed by atoms with van der Waals surface area (Å²) in [5.41, 5.74) is 7.11. The normalized spacial score (nSPS) is 19.7. The largest absolute Gasteiger partial charge is 0.371 e. The Labute approximate surface area is 116 Å². The summed E-state index contributed by atoms with van der Waals surface area (Å²) >= 11 is 3.63. The molecule has 1 aliphatic rings. The van der Waals surface area contributed by atoms with Crippen LogP contribution in [-0.4, -0.2) is 19.6 Å². The predicted octanol–water partition coefficient (Wildman–Crippen LogP) is 3.39. The van der Waals surface area contributed by atoms with E-state index in [9.17, 15) is 0 Å². The molecule has 0 aromatic heterocycles. The van der Waals surface area contributed by atoms with E-state index in [4.69, 9.17) is 5.73 Å². The van der Waals surface area contributed by atoms with Crippen LogP contribution in [0.1, 0.15) is 6.42 Å². The second kappa shape index (κ2) is 4.90. The number of nitrogens with two attached hydrogens (primary N) is 1. The number of benzene rings is 2. The number of nitrogens with zero attached hydrogens (tertiary/aromatic N) is 1. The topological polar surface area (TPSA) is 29.3 Å². The fraction of sp³-hybridized carbons (Fsp3) is 0.333. The van der Waals surface area contributed by atoms with Crippen molar-refractivity contribution in [3.8, 4) is 0 Å². The fourth-order valence-corrected chi connectivity index (χ4v) is 3.24. The van der Waals surface area contributed by atoms with E-state index in [-0.39, 0.29) is 0 Å². The predicted molar refractivity (Wildman–Crippen MR) is 81.0 cm³/mol. The van der Waals surface area contributed by atoms with Gasteiger partial charge in [0, 0.05) is 28.6 Å². The average molecular weight is 305 g/mol. The molecule has 94 valence electrons. The molecule has 2 N–H and O–H groups in total. The molecule has 2 aromatic rings. The number of rotatable bonds is 2. The van der Waals surface area contributed by atoms with Gasteiger partial charge in [-0.1, -0.05) is 40.2 Å². The minimum Gasteiger partial charge on any atom is -0.371 e. The summed E-state index contributed by atoms with van der Waals surface area (Å²) in [5, 5.41) is 2.61. The van der Waals surface area contributed by atoms with E-state index < -0.39 is 0 Å². The quantitative estimate of drug-likeness (QED) is 0.921. The zero-order valence-electron chi connectivity index (χ0n) is 10.3. The van der Waals surface area contributed by atoms with Crippen LogP contribution in [0.5, 0.6) is 0 Å². The van der Waals surface area contributed by atoms with E-state index in [0.29, 0.717) is 5.92 Å². The van der Waals surface area contributed by atoms with Gasteiger partial charge in [0.1, 0.15) is 0 Å². The molecule has 1 atom stereocenters. The maximum Gasteiger partial charge on any atom is 0.0446 e. The summed E-state index contributed by atoms with van der Waals surface area (Å²) < 4.78 is 1.16. The van der Waals surface area contributed by atoms with Crippen LogP contribution in [-0.2, 0) is 0 Å². The first kappa shape index (κ1) is 12.0. The first-order valence-corrected chi connectivity index (χ1v) is 7.21.